The quantitative estimate of drug-likeness (QED) is 0.607. The molecular weight excluding hydrogens is 154 g/mol. The van der Waals surface area contributed by atoms with Crippen molar-refractivity contribution < 1.29 is 9.53 Å². The number of nitrogens with zero attached hydrogens (tertiary/aromatic N) is 1. The van der Waals surface area contributed by atoms with Crippen molar-refractivity contribution in [1.29, 1.82) is 0 Å². The average Bonchev–Trinajstić information content (AvgIpc) is 1.97. The van der Waals surface area contributed by atoms with Gasteiger partial charge in [0.25, 0.3) is 0 Å². The number of carbonyl (C=O) groups is 1. The molecule has 0 atom stereocenters. The van der Waals surface area contributed by atoms with Gasteiger partial charge >= 0.3 is 6.09 Å². The highest BCUT2D eigenvalue weighted by atomic mass is 16.5. The van der Waals surface area contributed by atoms with Gasteiger partial charge in [0, 0.05) is 14.1 Å². The summed E-state index contributed by atoms with van der Waals surface area (Å²) in [5.74, 6) is 0.503. The lowest BCUT2D eigenvalue weighted by Crippen LogP contribution is -2.22. The van der Waals surface area contributed by atoms with Crippen LogP contribution in [0.2, 0.25) is 0 Å². The van der Waals surface area contributed by atoms with Crippen LogP contribution in [0.1, 0.15) is 13.8 Å². The summed E-state index contributed by atoms with van der Waals surface area (Å²) >= 11 is 0. The lowest BCUT2D eigenvalue weighted by molar-refractivity contribution is 0.129. The van der Waals surface area contributed by atoms with Crippen LogP contribution in [0.15, 0.2) is 12.2 Å². The number of rotatable bonds is 3. The van der Waals surface area contributed by atoms with E-state index in [4.69, 9.17) is 4.74 Å². The predicted molar refractivity (Wildman–Crippen MR) is 49.0 cm³/mol. The molecule has 0 radical (unpaired) electrons. The SMILES string of the molecule is CC(C)C=CCOC(=O)N(C)C. The van der Waals surface area contributed by atoms with Crippen LogP contribution in [0.3, 0.4) is 0 Å². The van der Waals surface area contributed by atoms with E-state index in [2.05, 4.69) is 13.8 Å². The van der Waals surface area contributed by atoms with Crippen molar-refractivity contribution in [3.05, 3.63) is 12.2 Å². The first-order chi connectivity index (χ1) is 5.54. The Morgan fingerprint density at radius 3 is 2.50 bits per heavy atom. The van der Waals surface area contributed by atoms with Gasteiger partial charge in [0.05, 0.1) is 0 Å². The molecule has 0 bridgehead atoms. The maximum atomic E-state index is 10.9. The van der Waals surface area contributed by atoms with Crippen LogP contribution in [0.4, 0.5) is 4.79 Å². The molecule has 3 heteroatoms. The van der Waals surface area contributed by atoms with E-state index in [1.165, 1.54) is 4.90 Å². The van der Waals surface area contributed by atoms with Crippen LogP contribution < -0.4 is 0 Å². The van der Waals surface area contributed by atoms with E-state index >= 15 is 0 Å². The summed E-state index contributed by atoms with van der Waals surface area (Å²) in [6, 6.07) is 0. The van der Waals surface area contributed by atoms with E-state index in [1.807, 2.05) is 12.2 Å². The minimum Gasteiger partial charge on any atom is -0.445 e. The molecule has 0 spiro atoms. The molecule has 3 nitrogen and oxygen atoms in total. The minimum absolute atomic E-state index is 0.302. The molecule has 0 saturated carbocycles. The van der Waals surface area contributed by atoms with Crippen LogP contribution >= 0.6 is 0 Å². The van der Waals surface area contributed by atoms with Gasteiger partial charge in [0.2, 0.25) is 0 Å². The predicted octanol–water partition coefficient (Wildman–Crippen LogP) is 1.90. The third-order valence-corrected chi connectivity index (χ3v) is 1.19. The van der Waals surface area contributed by atoms with Crippen molar-refractivity contribution >= 4 is 6.09 Å². The number of amides is 1. The molecule has 0 aliphatic heterocycles. The molecule has 0 N–H and O–H groups in total. The maximum Gasteiger partial charge on any atom is 0.409 e. The number of carbonyl (C=O) groups excluding carboxylic acids is 1. The molecule has 0 fully saturated rings. The molecule has 0 aliphatic rings. The molecule has 0 aromatic heterocycles. The van der Waals surface area contributed by atoms with Gasteiger partial charge in [-0.2, -0.15) is 0 Å². The summed E-state index contributed by atoms with van der Waals surface area (Å²) < 4.78 is 4.85. The number of allylic oxidation sites excluding steroid dienone is 1. The Bertz CT molecular complexity index is 162. The van der Waals surface area contributed by atoms with Crippen LogP contribution in [-0.2, 0) is 4.74 Å². The van der Waals surface area contributed by atoms with Gasteiger partial charge in [-0.25, -0.2) is 4.79 Å². The first kappa shape index (κ1) is 11.0. The van der Waals surface area contributed by atoms with E-state index in [0.29, 0.717) is 12.5 Å². The first-order valence-corrected chi connectivity index (χ1v) is 4.04. The normalized spacial score (nSPS) is 10.8. The van der Waals surface area contributed by atoms with Crippen LogP contribution in [0.25, 0.3) is 0 Å². The van der Waals surface area contributed by atoms with E-state index < -0.39 is 0 Å². The molecule has 0 rings (SSSR count). The molecule has 0 saturated heterocycles. The summed E-state index contributed by atoms with van der Waals surface area (Å²) in [6.45, 7) is 4.50. The maximum absolute atomic E-state index is 10.9. The second-order valence-corrected chi connectivity index (χ2v) is 3.14. The van der Waals surface area contributed by atoms with Crippen molar-refractivity contribution in [3.8, 4) is 0 Å². The van der Waals surface area contributed by atoms with Crippen molar-refractivity contribution in [3.63, 3.8) is 0 Å². The molecule has 1 amide bonds. The Morgan fingerprint density at radius 1 is 1.50 bits per heavy atom. The Balaban J connectivity index is 3.50. The van der Waals surface area contributed by atoms with Gasteiger partial charge in [0.15, 0.2) is 0 Å². The van der Waals surface area contributed by atoms with Crippen LogP contribution in [-0.4, -0.2) is 31.7 Å². The Labute approximate surface area is 74.0 Å². The zero-order valence-electron chi connectivity index (χ0n) is 8.20. The van der Waals surface area contributed by atoms with Crippen molar-refractivity contribution in [2.45, 2.75) is 13.8 Å². The van der Waals surface area contributed by atoms with Gasteiger partial charge in [-0.05, 0) is 5.92 Å². The van der Waals surface area contributed by atoms with Crippen LogP contribution in [0.5, 0.6) is 0 Å². The molecule has 0 aliphatic carbocycles. The third kappa shape index (κ3) is 5.77. The van der Waals surface area contributed by atoms with Gasteiger partial charge in [-0.3, -0.25) is 0 Å². The lowest BCUT2D eigenvalue weighted by atomic mass is 10.2. The van der Waals surface area contributed by atoms with E-state index in [9.17, 15) is 4.79 Å². The Kier molecular flexibility index (Phi) is 5.17. The highest BCUT2D eigenvalue weighted by Crippen LogP contribution is 1.93. The van der Waals surface area contributed by atoms with E-state index in [-0.39, 0.29) is 6.09 Å². The monoisotopic (exact) mass is 171 g/mol. The third-order valence-electron chi connectivity index (χ3n) is 1.19. The molecule has 0 aromatic rings. The minimum atomic E-state index is -0.302. The molecule has 70 valence electrons. The summed E-state index contributed by atoms with van der Waals surface area (Å²) in [4.78, 5) is 12.3. The van der Waals surface area contributed by atoms with Crippen LogP contribution in [0, 0.1) is 5.92 Å². The number of hydrogen-bond acceptors (Lipinski definition) is 2. The fraction of sp³-hybridized carbons (Fsp3) is 0.667. The molecular formula is C9H17NO2. The fourth-order valence-electron chi connectivity index (χ4n) is 0.576. The van der Waals surface area contributed by atoms with Crippen molar-refractivity contribution in [2.24, 2.45) is 5.92 Å². The summed E-state index contributed by atoms with van der Waals surface area (Å²) in [5.41, 5.74) is 0. The molecule has 12 heavy (non-hydrogen) atoms. The second-order valence-electron chi connectivity index (χ2n) is 3.14. The highest BCUT2D eigenvalue weighted by molar-refractivity contribution is 5.66. The Morgan fingerprint density at radius 2 is 2.08 bits per heavy atom. The first-order valence-electron chi connectivity index (χ1n) is 4.04. The van der Waals surface area contributed by atoms with E-state index in [1.54, 1.807) is 14.1 Å². The average molecular weight is 171 g/mol. The van der Waals surface area contributed by atoms with Gasteiger partial charge < -0.3 is 9.64 Å². The second kappa shape index (κ2) is 5.63. The fourth-order valence-corrected chi connectivity index (χ4v) is 0.576. The lowest BCUT2D eigenvalue weighted by Gasteiger charge is -2.08. The molecule has 0 heterocycles. The van der Waals surface area contributed by atoms with E-state index in [0.717, 1.165) is 0 Å². The standard InChI is InChI=1S/C9H17NO2/c1-8(2)6-5-7-12-9(11)10(3)4/h5-6,8H,7H2,1-4H3. The topological polar surface area (TPSA) is 29.5 Å². The largest absolute Gasteiger partial charge is 0.445 e. The number of ether oxygens (including phenoxy) is 1. The molecule has 0 aromatic carbocycles. The van der Waals surface area contributed by atoms with Gasteiger partial charge in [0.1, 0.15) is 6.61 Å². The number of hydrogen-bond donors (Lipinski definition) is 0. The highest BCUT2D eigenvalue weighted by Gasteiger charge is 2.01. The van der Waals surface area contributed by atoms with Gasteiger partial charge in [-0.1, -0.05) is 26.0 Å². The summed E-state index contributed by atoms with van der Waals surface area (Å²) in [6.07, 6.45) is 3.55. The van der Waals surface area contributed by atoms with Gasteiger partial charge in [-0.15, -0.1) is 0 Å². The van der Waals surface area contributed by atoms with Crippen molar-refractivity contribution in [2.75, 3.05) is 20.7 Å². The van der Waals surface area contributed by atoms with Crippen molar-refractivity contribution in [1.82, 2.24) is 4.90 Å². The zero-order chi connectivity index (χ0) is 9.56. The summed E-state index contributed by atoms with van der Waals surface area (Å²) in [7, 11) is 3.32. The zero-order valence-corrected chi connectivity index (χ0v) is 8.20. The molecule has 0 unspecified atom stereocenters. The smallest absolute Gasteiger partial charge is 0.409 e. The Hall–Kier alpha value is -0.990. The summed E-state index contributed by atoms with van der Waals surface area (Å²) in [5, 5.41) is 0.